The van der Waals surface area contributed by atoms with Gasteiger partial charge in [0, 0.05) is 4.88 Å². The largest absolute Gasteiger partial charge is 0.466 e. The maximum absolute atomic E-state index is 12.6. The zero-order chi connectivity index (χ0) is 21.0. The van der Waals surface area contributed by atoms with Gasteiger partial charge in [-0.2, -0.15) is 0 Å². The van der Waals surface area contributed by atoms with Crippen LogP contribution in [-0.4, -0.2) is 56.1 Å². The lowest BCUT2D eigenvalue weighted by molar-refractivity contribution is -0.149. The lowest BCUT2D eigenvalue weighted by Crippen LogP contribution is -2.41. The molecule has 1 aromatic rings. The average molecular weight is 423 g/mol. The third-order valence-electron chi connectivity index (χ3n) is 5.73. The summed E-state index contributed by atoms with van der Waals surface area (Å²) in [7, 11) is 1.37. The summed E-state index contributed by atoms with van der Waals surface area (Å²) in [5.41, 5.74) is 1.55. The molecule has 1 amide bonds. The van der Waals surface area contributed by atoms with E-state index in [0.29, 0.717) is 49.0 Å². The normalized spacial score (nSPS) is 20.0. The number of piperidine rings is 1. The number of likely N-dealkylation sites (tertiary alicyclic amines) is 1. The molecular weight excluding hydrogens is 392 g/mol. The second-order valence-corrected chi connectivity index (χ2v) is 9.00. The highest BCUT2D eigenvalue weighted by Gasteiger charge is 2.30. The van der Waals surface area contributed by atoms with Gasteiger partial charge in [0.25, 0.3) is 0 Å². The highest BCUT2D eigenvalue weighted by molar-refractivity contribution is 7.17. The maximum Gasteiger partial charge on any atom is 0.341 e. The van der Waals surface area contributed by atoms with E-state index in [1.54, 1.807) is 0 Å². The number of amides is 1. The van der Waals surface area contributed by atoms with Crippen LogP contribution in [0.3, 0.4) is 0 Å². The Morgan fingerprint density at radius 3 is 2.59 bits per heavy atom. The first kappa shape index (κ1) is 21.8. The van der Waals surface area contributed by atoms with Crippen molar-refractivity contribution in [3.8, 4) is 0 Å². The molecule has 0 bridgehead atoms. The van der Waals surface area contributed by atoms with Crippen LogP contribution in [0, 0.1) is 11.8 Å². The molecule has 8 heteroatoms. The number of methoxy groups -OCH3 is 1. The molecule has 1 N–H and O–H groups in total. The molecule has 2 aliphatic rings. The number of fused-ring (bicyclic) bond motifs is 1. The van der Waals surface area contributed by atoms with Crippen molar-refractivity contribution in [2.45, 2.75) is 46.0 Å². The SMILES string of the molecule is CCOC(=O)C1CCN(CC(=O)Nc2sc3c(c2C(=O)OC)CC[C@@H](C)C3)CC1. The Balaban J connectivity index is 1.61. The molecule has 7 nitrogen and oxygen atoms in total. The van der Waals surface area contributed by atoms with Crippen molar-refractivity contribution >= 4 is 34.2 Å². The van der Waals surface area contributed by atoms with Gasteiger partial charge in [-0.05, 0) is 63.6 Å². The van der Waals surface area contributed by atoms with Crippen LogP contribution in [0.5, 0.6) is 0 Å². The second-order valence-electron chi connectivity index (χ2n) is 7.90. The Morgan fingerprint density at radius 2 is 1.93 bits per heavy atom. The molecule has 0 aromatic carbocycles. The predicted octanol–water partition coefficient (Wildman–Crippen LogP) is 2.87. The molecule has 0 radical (unpaired) electrons. The van der Waals surface area contributed by atoms with E-state index in [0.717, 1.165) is 24.8 Å². The molecule has 1 aliphatic carbocycles. The number of hydrogen-bond acceptors (Lipinski definition) is 7. The molecule has 0 spiro atoms. The van der Waals surface area contributed by atoms with E-state index in [2.05, 4.69) is 12.2 Å². The number of esters is 2. The quantitative estimate of drug-likeness (QED) is 0.710. The van der Waals surface area contributed by atoms with Crippen molar-refractivity contribution in [1.29, 1.82) is 0 Å². The molecule has 1 aromatic heterocycles. The summed E-state index contributed by atoms with van der Waals surface area (Å²) in [5.74, 6) is -0.168. The average Bonchev–Trinajstić information content (AvgIpc) is 3.04. The number of nitrogens with zero attached hydrogens (tertiary/aromatic N) is 1. The van der Waals surface area contributed by atoms with Crippen molar-refractivity contribution < 1.29 is 23.9 Å². The highest BCUT2D eigenvalue weighted by Crippen LogP contribution is 2.40. The highest BCUT2D eigenvalue weighted by atomic mass is 32.1. The van der Waals surface area contributed by atoms with Gasteiger partial charge in [0.05, 0.1) is 31.7 Å². The molecule has 29 heavy (non-hydrogen) atoms. The first-order valence-corrected chi connectivity index (χ1v) is 11.2. The summed E-state index contributed by atoms with van der Waals surface area (Å²) in [4.78, 5) is 40.1. The van der Waals surface area contributed by atoms with E-state index in [4.69, 9.17) is 9.47 Å². The molecule has 0 saturated carbocycles. The first-order valence-electron chi connectivity index (χ1n) is 10.3. The van der Waals surface area contributed by atoms with Crippen LogP contribution in [0.4, 0.5) is 5.00 Å². The zero-order valence-electron chi connectivity index (χ0n) is 17.4. The van der Waals surface area contributed by atoms with E-state index < -0.39 is 0 Å². The fraction of sp³-hybridized carbons (Fsp3) is 0.667. The van der Waals surface area contributed by atoms with Gasteiger partial charge in [0.1, 0.15) is 5.00 Å². The molecule has 1 atom stereocenters. The number of nitrogens with one attached hydrogen (secondary N) is 1. The minimum atomic E-state index is -0.386. The van der Waals surface area contributed by atoms with Crippen molar-refractivity contribution in [2.75, 3.05) is 38.7 Å². The fourth-order valence-corrected chi connectivity index (χ4v) is 5.53. The Labute approximate surface area is 175 Å². The molecule has 0 unspecified atom stereocenters. The zero-order valence-corrected chi connectivity index (χ0v) is 18.2. The van der Waals surface area contributed by atoms with E-state index in [-0.39, 0.29) is 30.3 Å². The summed E-state index contributed by atoms with van der Waals surface area (Å²) in [6.45, 7) is 6.02. The summed E-state index contributed by atoms with van der Waals surface area (Å²) in [5, 5.41) is 3.54. The Hall–Kier alpha value is -1.93. The van der Waals surface area contributed by atoms with Crippen LogP contribution in [0.2, 0.25) is 0 Å². The second kappa shape index (κ2) is 9.71. The standard InChI is InChI=1S/C21H30N2O5S/c1-4-28-20(25)14-7-9-23(10-8-14)12-17(24)22-19-18(21(26)27-3)15-6-5-13(2)11-16(15)29-19/h13-14H,4-12H2,1-3H3,(H,22,24)/t13-/m1/s1. The number of hydrogen-bond donors (Lipinski definition) is 1. The number of carbonyl (C=O) groups is 3. The van der Waals surface area contributed by atoms with E-state index in [1.165, 1.54) is 23.3 Å². The van der Waals surface area contributed by atoms with Crippen LogP contribution in [0.25, 0.3) is 0 Å². The van der Waals surface area contributed by atoms with Crippen molar-refractivity contribution in [2.24, 2.45) is 11.8 Å². The van der Waals surface area contributed by atoms with Crippen LogP contribution in [0.1, 0.15) is 53.9 Å². The lowest BCUT2D eigenvalue weighted by atomic mass is 9.88. The molecule has 1 fully saturated rings. The monoisotopic (exact) mass is 422 g/mol. The molecule has 2 heterocycles. The van der Waals surface area contributed by atoms with Gasteiger partial charge in [-0.1, -0.05) is 6.92 Å². The van der Waals surface area contributed by atoms with Gasteiger partial charge in [-0.15, -0.1) is 11.3 Å². The molecule has 160 valence electrons. The lowest BCUT2D eigenvalue weighted by Gasteiger charge is -2.30. The number of rotatable bonds is 6. The van der Waals surface area contributed by atoms with Crippen LogP contribution < -0.4 is 5.32 Å². The van der Waals surface area contributed by atoms with Crippen LogP contribution in [-0.2, 0) is 31.9 Å². The number of carbonyl (C=O) groups excluding carboxylic acids is 3. The Morgan fingerprint density at radius 1 is 1.21 bits per heavy atom. The number of anilines is 1. The maximum atomic E-state index is 12.6. The topological polar surface area (TPSA) is 84.9 Å². The van der Waals surface area contributed by atoms with E-state index >= 15 is 0 Å². The smallest absolute Gasteiger partial charge is 0.341 e. The van der Waals surface area contributed by atoms with Gasteiger partial charge < -0.3 is 14.8 Å². The van der Waals surface area contributed by atoms with Gasteiger partial charge in [-0.25, -0.2) is 4.79 Å². The van der Waals surface area contributed by atoms with Crippen LogP contribution in [0.15, 0.2) is 0 Å². The molecule has 1 saturated heterocycles. The van der Waals surface area contributed by atoms with Gasteiger partial charge in [-0.3, -0.25) is 14.5 Å². The minimum Gasteiger partial charge on any atom is -0.466 e. The third-order valence-corrected chi connectivity index (χ3v) is 6.90. The van der Waals surface area contributed by atoms with Crippen molar-refractivity contribution in [3.05, 3.63) is 16.0 Å². The van der Waals surface area contributed by atoms with E-state index in [1.807, 2.05) is 11.8 Å². The molecular formula is C21H30N2O5S. The summed E-state index contributed by atoms with van der Waals surface area (Å²) >= 11 is 1.50. The number of thiophene rings is 1. The summed E-state index contributed by atoms with van der Waals surface area (Å²) in [6.07, 6.45) is 4.21. The molecule has 1 aliphatic heterocycles. The summed E-state index contributed by atoms with van der Waals surface area (Å²) in [6, 6.07) is 0. The third kappa shape index (κ3) is 5.17. The van der Waals surface area contributed by atoms with Gasteiger partial charge in [0.2, 0.25) is 5.91 Å². The Kier molecular flexibility index (Phi) is 7.29. The Bertz CT molecular complexity index is 767. The van der Waals surface area contributed by atoms with Gasteiger partial charge in [0.15, 0.2) is 0 Å². The van der Waals surface area contributed by atoms with Crippen LogP contribution >= 0.6 is 11.3 Å². The van der Waals surface area contributed by atoms with Crippen molar-refractivity contribution in [1.82, 2.24) is 4.90 Å². The van der Waals surface area contributed by atoms with Gasteiger partial charge >= 0.3 is 11.9 Å². The van der Waals surface area contributed by atoms with Crippen molar-refractivity contribution in [3.63, 3.8) is 0 Å². The molecule has 3 rings (SSSR count). The summed E-state index contributed by atoms with van der Waals surface area (Å²) < 4.78 is 10.1. The first-order chi connectivity index (χ1) is 13.9. The minimum absolute atomic E-state index is 0.0776. The number of ether oxygens (including phenoxy) is 2. The van der Waals surface area contributed by atoms with E-state index in [9.17, 15) is 14.4 Å². The predicted molar refractivity (Wildman–Crippen MR) is 111 cm³/mol. The fourth-order valence-electron chi connectivity index (χ4n) is 4.11.